The summed E-state index contributed by atoms with van der Waals surface area (Å²) in [4.78, 5) is 14.1. The van der Waals surface area contributed by atoms with E-state index >= 15 is 0 Å². The van der Waals surface area contributed by atoms with E-state index in [1.165, 1.54) is 12.8 Å². The summed E-state index contributed by atoms with van der Waals surface area (Å²) < 4.78 is 1.86. The minimum Gasteiger partial charge on any atom is -0.342 e. The summed E-state index contributed by atoms with van der Waals surface area (Å²) in [5, 5.41) is 4.37. The van der Waals surface area contributed by atoms with Crippen molar-refractivity contribution >= 4 is 5.91 Å². The highest BCUT2D eigenvalue weighted by molar-refractivity contribution is 5.94. The summed E-state index contributed by atoms with van der Waals surface area (Å²) in [6.45, 7) is 7.87. The standard InChI is InChI=1S/C14H25N3O/c1-5-7-8-10-16(4)14(18)13-11-17(9-6-2)15-12(13)3/h11H,5-10H2,1-4H3. The Bertz CT molecular complexity index is 384. The molecule has 0 saturated heterocycles. The van der Waals surface area contributed by atoms with Crippen molar-refractivity contribution in [2.24, 2.45) is 0 Å². The van der Waals surface area contributed by atoms with Crippen LogP contribution in [0.25, 0.3) is 0 Å². The molecular formula is C14H25N3O. The minimum atomic E-state index is 0.0888. The summed E-state index contributed by atoms with van der Waals surface area (Å²) in [6, 6.07) is 0. The fourth-order valence-corrected chi connectivity index (χ4v) is 1.98. The van der Waals surface area contributed by atoms with Crippen LogP contribution in [0.2, 0.25) is 0 Å². The Hall–Kier alpha value is -1.32. The van der Waals surface area contributed by atoms with Crippen molar-refractivity contribution in [3.05, 3.63) is 17.5 Å². The molecule has 0 spiro atoms. The maximum absolute atomic E-state index is 12.2. The first kappa shape index (κ1) is 14.7. The molecule has 0 bridgehead atoms. The van der Waals surface area contributed by atoms with Crippen LogP contribution in [0.4, 0.5) is 0 Å². The van der Waals surface area contributed by atoms with Gasteiger partial charge in [0.25, 0.3) is 5.91 Å². The second-order valence-corrected chi connectivity index (χ2v) is 4.83. The molecule has 1 amide bonds. The minimum absolute atomic E-state index is 0.0888. The number of hydrogen-bond acceptors (Lipinski definition) is 2. The molecule has 1 aromatic rings. The van der Waals surface area contributed by atoms with Crippen molar-refractivity contribution in [1.82, 2.24) is 14.7 Å². The van der Waals surface area contributed by atoms with E-state index in [9.17, 15) is 4.79 Å². The number of amides is 1. The van der Waals surface area contributed by atoms with Crippen LogP contribution in [-0.4, -0.2) is 34.2 Å². The average Bonchev–Trinajstić information content (AvgIpc) is 2.70. The zero-order valence-electron chi connectivity index (χ0n) is 12.1. The van der Waals surface area contributed by atoms with Gasteiger partial charge in [-0.2, -0.15) is 5.10 Å². The summed E-state index contributed by atoms with van der Waals surface area (Å²) in [5.41, 5.74) is 1.57. The third-order valence-corrected chi connectivity index (χ3v) is 3.07. The molecular weight excluding hydrogens is 226 g/mol. The van der Waals surface area contributed by atoms with Crippen molar-refractivity contribution in [3.63, 3.8) is 0 Å². The van der Waals surface area contributed by atoms with Crippen LogP contribution in [-0.2, 0) is 6.54 Å². The predicted octanol–water partition coefficient (Wildman–Crippen LogP) is 2.86. The first-order valence-corrected chi connectivity index (χ1v) is 6.89. The molecule has 0 N–H and O–H groups in total. The molecule has 0 atom stereocenters. The normalized spacial score (nSPS) is 10.7. The van der Waals surface area contributed by atoms with Crippen LogP contribution in [0.15, 0.2) is 6.20 Å². The van der Waals surface area contributed by atoms with E-state index in [-0.39, 0.29) is 5.91 Å². The van der Waals surface area contributed by atoms with Gasteiger partial charge in [-0.3, -0.25) is 9.48 Å². The molecule has 102 valence electrons. The fourth-order valence-electron chi connectivity index (χ4n) is 1.98. The van der Waals surface area contributed by atoms with Gasteiger partial charge in [-0.25, -0.2) is 0 Å². The second-order valence-electron chi connectivity index (χ2n) is 4.83. The zero-order valence-corrected chi connectivity index (χ0v) is 12.1. The van der Waals surface area contributed by atoms with Crippen LogP contribution >= 0.6 is 0 Å². The Morgan fingerprint density at radius 2 is 2.06 bits per heavy atom. The predicted molar refractivity (Wildman–Crippen MR) is 73.7 cm³/mol. The van der Waals surface area contributed by atoms with E-state index < -0.39 is 0 Å². The number of aryl methyl sites for hydroxylation is 2. The zero-order chi connectivity index (χ0) is 13.5. The smallest absolute Gasteiger partial charge is 0.257 e. The molecule has 0 aliphatic carbocycles. The lowest BCUT2D eigenvalue weighted by molar-refractivity contribution is 0.0792. The van der Waals surface area contributed by atoms with E-state index in [0.717, 1.165) is 37.2 Å². The highest BCUT2D eigenvalue weighted by Gasteiger charge is 2.16. The van der Waals surface area contributed by atoms with Crippen molar-refractivity contribution in [3.8, 4) is 0 Å². The van der Waals surface area contributed by atoms with Crippen LogP contribution in [0.3, 0.4) is 0 Å². The molecule has 0 aliphatic rings. The molecule has 0 saturated carbocycles. The monoisotopic (exact) mass is 251 g/mol. The van der Waals surface area contributed by atoms with Crippen LogP contribution in [0.5, 0.6) is 0 Å². The quantitative estimate of drug-likeness (QED) is 0.699. The topological polar surface area (TPSA) is 38.1 Å². The molecule has 18 heavy (non-hydrogen) atoms. The van der Waals surface area contributed by atoms with Gasteiger partial charge < -0.3 is 4.90 Å². The summed E-state index contributed by atoms with van der Waals surface area (Å²) in [6.07, 6.45) is 6.32. The van der Waals surface area contributed by atoms with E-state index in [4.69, 9.17) is 0 Å². The molecule has 1 aromatic heterocycles. The molecule has 0 aromatic carbocycles. The third-order valence-electron chi connectivity index (χ3n) is 3.07. The number of nitrogens with zero attached hydrogens (tertiary/aromatic N) is 3. The Labute approximate surface area is 110 Å². The van der Waals surface area contributed by atoms with Crippen LogP contribution < -0.4 is 0 Å². The van der Waals surface area contributed by atoms with Gasteiger partial charge in [0.05, 0.1) is 11.3 Å². The van der Waals surface area contributed by atoms with Crippen molar-refractivity contribution in [2.75, 3.05) is 13.6 Å². The molecule has 1 rings (SSSR count). The van der Waals surface area contributed by atoms with E-state index in [0.29, 0.717) is 0 Å². The lowest BCUT2D eigenvalue weighted by atomic mass is 10.2. The highest BCUT2D eigenvalue weighted by atomic mass is 16.2. The summed E-state index contributed by atoms with van der Waals surface area (Å²) in [7, 11) is 1.87. The first-order valence-electron chi connectivity index (χ1n) is 6.89. The SMILES string of the molecule is CCCCCN(C)C(=O)c1cn(CCC)nc1C. The van der Waals surface area contributed by atoms with Gasteiger partial charge in [-0.05, 0) is 19.8 Å². The molecule has 0 aliphatic heterocycles. The van der Waals surface area contributed by atoms with E-state index in [1.807, 2.05) is 24.9 Å². The first-order chi connectivity index (χ1) is 8.60. The molecule has 4 heteroatoms. The maximum atomic E-state index is 12.2. The van der Waals surface area contributed by atoms with Gasteiger partial charge in [0.2, 0.25) is 0 Å². The van der Waals surface area contributed by atoms with Gasteiger partial charge >= 0.3 is 0 Å². The van der Waals surface area contributed by atoms with Gasteiger partial charge in [0, 0.05) is 26.3 Å². The number of rotatable bonds is 7. The molecule has 1 heterocycles. The van der Waals surface area contributed by atoms with Gasteiger partial charge in [0.1, 0.15) is 0 Å². The summed E-state index contributed by atoms with van der Waals surface area (Å²) >= 11 is 0. The van der Waals surface area contributed by atoms with Gasteiger partial charge in [-0.1, -0.05) is 26.7 Å². The van der Waals surface area contributed by atoms with Gasteiger partial charge in [-0.15, -0.1) is 0 Å². The van der Waals surface area contributed by atoms with Crippen molar-refractivity contribution < 1.29 is 4.79 Å². The Morgan fingerprint density at radius 1 is 1.33 bits per heavy atom. The largest absolute Gasteiger partial charge is 0.342 e. The van der Waals surface area contributed by atoms with Crippen LogP contribution in [0, 0.1) is 6.92 Å². The lowest BCUT2D eigenvalue weighted by Crippen LogP contribution is -2.28. The molecule has 0 fully saturated rings. The van der Waals surface area contributed by atoms with Gasteiger partial charge in [0.15, 0.2) is 0 Å². The number of carbonyl (C=O) groups is 1. The number of carbonyl (C=O) groups excluding carboxylic acids is 1. The maximum Gasteiger partial charge on any atom is 0.257 e. The third kappa shape index (κ3) is 3.86. The van der Waals surface area contributed by atoms with E-state index in [1.54, 1.807) is 4.90 Å². The second kappa shape index (κ2) is 7.19. The Morgan fingerprint density at radius 3 is 2.67 bits per heavy atom. The number of aromatic nitrogens is 2. The summed E-state index contributed by atoms with van der Waals surface area (Å²) in [5.74, 6) is 0.0888. The van der Waals surface area contributed by atoms with Crippen LogP contribution in [0.1, 0.15) is 55.6 Å². The molecule has 4 nitrogen and oxygen atoms in total. The van der Waals surface area contributed by atoms with Crippen molar-refractivity contribution in [2.45, 2.75) is 53.0 Å². The Balaban J connectivity index is 2.64. The number of hydrogen-bond donors (Lipinski definition) is 0. The highest BCUT2D eigenvalue weighted by Crippen LogP contribution is 2.10. The lowest BCUT2D eigenvalue weighted by Gasteiger charge is -2.16. The molecule has 0 unspecified atom stereocenters. The number of unbranched alkanes of at least 4 members (excludes halogenated alkanes) is 2. The fraction of sp³-hybridized carbons (Fsp3) is 0.714. The van der Waals surface area contributed by atoms with Crippen molar-refractivity contribution in [1.29, 1.82) is 0 Å². The van der Waals surface area contributed by atoms with E-state index in [2.05, 4.69) is 18.9 Å². The Kier molecular flexibility index (Phi) is 5.89. The average molecular weight is 251 g/mol. The molecule has 0 radical (unpaired) electrons.